The van der Waals surface area contributed by atoms with Crippen LogP contribution in [0.4, 0.5) is 5.82 Å². The van der Waals surface area contributed by atoms with Gasteiger partial charge in [0, 0.05) is 42.8 Å². The Kier molecular flexibility index (Phi) is 3.84. The first kappa shape index (κ1) is 16.7. The van der Waals surface area contributed by atoms with Crippen LogP contribution in [0.5, 0.6) is 0 Å². The maximum absolute atomic E-state index is 4.52. The van der Waals surface area contributed by atoms with Gasteiger partial charge in [0.15, 0.2) is 0 Å². The van der Waals surface area contributed by atoms with Crippen molar-refractivity contribution in [2.75, 3.05) is 18.4 Å². The molecule has 4 aromatic rings. The van der Waals surface area contributed by atoms with Gasteiger partial charge in [0.25, 0.3) is 0 Å². The van der Waals surface area contributed by atoms with Crippen molar-refractivity contribution in [1.82, 2.24) is 24.6 Å². The van der Waals surface area contributed by atoms with Crippen molar-refractivity contribution in [3.63, 3.8) is 0 Å². The highest BCUT2D eigenvalue weighted by atomic mass is 15.3. The second kappa shape index (κ2) is 6.67. The van der Waals surface area contributed by atoms with E-state index in [2.05, 4.69) is 49.7 Å². The number of benzene rings is 2. The predicted molar refractivity (Wildman–Crippen MR) is 113 cm³/mol. The van der Waals surface area contributed by atoms with Crippen molar-refractivity contribution < 1.29 is 0 Å². The Morgan fingerprint density at radius 1 is 0.931 bits per heavy atom. The highest BCUT2D eigenvalue weighted by Crippen LogP contribution is 2.47. The number of anilines is 1. The van der Waals surface area contributed by atoms with Crippen LogP contribution in [0.15, 0.2) is 73.3 Å². The predicted octanol–water partition coefficient (Wildman–Crippen LogP) is 3.36. The van der Waals surface area contributed by atoms with Crippen LogP contribution in [0.2, 0.25) is 0 Å². The Bertz CT molecular complexity index is 1140. The van der Waals surface area contributed by atoms with E-state index < -0.39 is 0 Å². The van der Waals surface area contributed by atoms with Gasteiger partial charge < -0.3 is 5.32 Å². The van der Waals surface area contributed by atoms with E-state index in [1.807, 2.05) is 47.3 Å². The van der Waals surface area contributed by atoms with Crippen LogP contribution in [0.1, 0.15) is 5.56 Å². The van der Waals surface area contributed by atoms with E-state index in [0.29, 0.717) is 17.9 Å². The minimum absolute atomic E-state index is 0.525. The lowest BCUT2D eigenvalue weighted by Crippen LogP contribution is -2.27. The van der Waals surface area contributed by atoms with Crippen molar-refractivity contribution in [2.24, 2.45) is 11.8 Å². The molecule has 29 heavy (non-hydrogen) atoms. The summed E-state index contributed by atoms with van der Waals surface area (Å²) in [7, 11) is 0. The van der Waals surface area contributed by atoms with Gasteiger partial charge in [0.1, 0.15) is 12.1 Å². The Morgan fingerprint density at radius 3 is 2.59 bits per heavy atom. The van der Waals surface area contributed by atoms with Crippen molar-refractivity contribution >= 4 is 16.7 Å². The molecule has 2 fully saturated rings. The quantitative estimate of drug-likeness (QED) is 0.574. The first-order chi connectivity index (χ1) is 14.3. The van der Waals surface area contributed by atoms with Crippen LogP contribution in [-0.2, 0) is 6.54 Å². The van der Waals surface area contributed by atoms with Crippen molar-refractivity contribution in [1.29, 1.82) is 0 Å². The zero-order valence-corrected chi connectivity index (χ0v) is 16.0. The average molecular weight is 382 g/mol. The standard InChI is InChI=1S/C23H22N6/c1-2-6-17(7-3-1)29-12-16(10-26-29)11-28-13-19-20(14-28)22(19)27-23-18-8-4-5-9-21(18)24-15-25-23/h1-10,12,15,19-20,22H,11,13-14H2,(H,24,25,27)/t19-,20+,22?. The van der Waals surface area contributed by atoms with E-state index in [0.717, 1.165) is 42.0 Å². The molecule has 0 spiro atoms. The Morgan fingerprint density at radius 2 is 1.72 bits per heavy atom. The summed E-state index contributed by atoms with van der Waals surface area (Å²) in [5, 5.41) is 9.30. The fraction of sp³-hybridized carbons (Fsp3) is 0.261. The molecule has 3 atom stereocenters. The van der Waals surface area contributed by atoms with Crippen LogP contribution < -0.4 is 5.32 Å². The van der Waals surface area contributed by atoms with E-state index in [9.17, 15) is 0 Å². The lowest BCUT2D eigenvalue weighted by Gasteiger charge is -2.19. The van der Waals surface area contributed by atoms with Crippen molar-refractivity contribution in [3.05, 3.63) is 78.9 Å². The van der Waals surface area contributed by atoms with Gasteiger partial charge in [-0.15, -0.1) is 0 Å². The molecule has 2 aromatic heterocycles. The number of fused-ring (bicyclic) bond motifs is 2. The zero-order chi connectivity index (χ0) is 19.2. The summed E-state index contributed by atoms with van der Waals surface area (Å²) >= 11 is 0. The lowest BCUT2D eigenvalue weighted by atomic mass is 10.2. The average Bonchev–Trinajstić information content (AvgIpc) is 3.13. The highest BCUT2D eigenvalue weighted by molar-refractivity contribution is 5.88. The summed E-state index contributed by atoms with van der Waals surface area (Å²) < 4.78 is 1.96. The third kappa shape index (κ3) is 3.06. The normalized spacial score (nSPS) is 23.2. The maximum Gasteiger partial charge on any atom is 0.137 e. The van der Waals surface area contributed by atoms with Crippen molar-refractivity contribution in [2.45, 2.75) is 12.6 Å². The lowest BCUT2D eigenvalue weighted by molar-refractivity contribution is 0.292. The van der Waals surface area contributed by atoms with E-state index in [1.165, 1.54) is 5.56 Å². The molecule has 3 heterocycles. The molecule has 6 nitrogen and oxygen atoms in total. The van der Waals surface area contributed by atoms with E-state index in [4.69, 9.17) is 0 Å². The SMILES string of the molecule is c1ccc(-n2cc(CN3C[C@@H]4C(Nc5ncnc6ccccc56)[C@@H]4C3)cn2)cc1. The van der Waals surface area contributed by atoms with E-state index in [-0.39, 0.29) is 0 Å². The number of hydrogen-bond donors (Lipinski definition) is 1. The molecule has 0 bridgehead atoms. The largest absolute Gasteiger partial charge is 0.366 e. The molecule has 1 saturated heterocycles. The molecule has 0 amide bonds. The molecule has 1 saturated carbocycles. The van der Waals surface area contributed by atoms with Gasteiger partial charge >= 0.3 is 0 Å². The molecule has 6 heteroatoms. The first-order valence-electron chi connectivity index (χ1n) is 10.1. The Balaban J connectivity index is 1.09. The first-order valence-corrected chi connectivity index (χ1v) is 10.1. The minimum atomic E-state index is 0.525. The number of hydrogen-bond acceptors (Lipinski definition) is 5. The molecule has 1 aliphatic carbocycles. The summed E-state index contributed by atoms with van der Waals surface area (Å²) in [6, 6.07) is 19.0. The molecular weight excluding hydrogens is 360 g/mol. The Hall–Kier alpha value is -3.25. The number of para-hydroxylation sites is 2. The molecule has 2 aliphatic rings. The molecule has 1 aliphatic heterocycles. The van der Waals surface area contributed by atoms with Gasteiger partial charge in [-0.1, -0.05) is 30.3 Å². The van der Waals surface area contributed by atoms with Gasteiger partial charge in [0.2, 0.25) is 0 Å². The fourth-order valence-corrected chi connectivity index (χ4v) is 4.66. The van der Waals surface area contributed by atoms with Crippen molar-refractivity contribution in [3.8, 4) is 5.69 Å². The number of piperidine rings is 1. The minimum Gasteiger partial charge on any atom is -0.366 e. The van der Waals surface area contributed by atoms with Crippen LogP contribution >= 0.6 is 0 Å². The van der Waals surface area contributed by atoms with Gasteiger partial charge in [0.05, 0.1) is 17.4 Å². The van der Waals surface area contributed by atoms with Crippen LogP contribution in [0.25, 0.3) is 16.6 Å². The second-order valence-electron chi connectivity index (χ2n) is 8.06. The summed E-state index contributed by atoms with van der Waals surface area (Å²) in [5.74, 6) is 2.37. The summed E-state index contributed by atoms with van der Waals surface area (Å²) in [6.45, 7) is 3.22. The summed E-state index contributed by atoms with van der Waals surface area (Å²) in [6.07, 6.45) is 5.78. The van der Waals surface area contributed by atoms with Gasteiger partial charge in [-0.05, 0) is 36.1 Å². The third-order valence-electron chi connectivity index (χ3n) is 6.18. The van der Waals surface area contributed by atoms with E-state index >= 15 is 0 Å². The summed E-state index contributed by atoms with van der Waals surface area (Å²) in [5.41, 5.74) is 3.36. The number of aromatic nitrogens is 4. The highest BCUT2D eigenvalue weighted by Gasteiger charge is 2.55. The number of likely N-dealkylation sites (tertiary alicyclic amines) is 1. The smallest absolute Gasteiger partial charge is 0.137 e. The van der Waals surface area contributed by atoms with Gasteiger partial charge in [-0.2, -0.15) is 5.10 Å². The van der Waals surface area contributed by atoms with Crippen LogP contribution in [-0.4, -0.2) is 43.8 Å². The molecule has 1 N–H and O–H groups in total. The maximum atomic E-state index is 4.52. The number of nitrogens with one attached hydrogen (secondary N) is 1. The summed E-state index contributed by atoms with van der Waals surface area (Å²) in [4.78, 5) is 11.4. The van der Waals surface area contributed by atoms with Crippen LogP contribution in [0.3, 0.4) is 0 Å². The molecule has 0 radical (unpaired) electrons. The van der Waals surface area contributed by atoms with Gasteiger partial charge in [-0.3, -0.25) is 4.90 Å². The molecular formula is C23H22N6. The molecule has 2 aromatic carbocycles. The van der Waals surface area contributed by atoms with Gasteiger partial charge in [-0.25, -0.2) is 14.6 Å². The molecule has 1 unspecified atom stereocenters. The Labute approximate surface area is 169 Å². The molecule has 144 valence electrons. The zero-order valence-electron chi connectivity index (χ0n) is 16.0. The number of rotatable bonds is 5. The fourth-order valence-electron chi connectivity index (χ4n) is 4.66. The van der Waals surface area contributed by atoms with E-state index in [1.54, 1.807) is 6.33 Å². The number of nitrogens with zero attached hydrogens (tertiary/aromatic N) is 5. The second-order valence-corrected chi connectivity index (χ2v) is 8.06. The topological polar surface area (TPSA) is 58.9 Å². The molecule has 6 rings (SSSR count). The third-order valence-corrected chi connectivity index (χ3v) is 6.18. The monoisotopic (exact) mass is 382 g/mol. The van der Waals surface area contributed by atoms with Crippen LogP contribution in [0, 0.1) is 11.8 Å².